The average molecular weight is 246 g/mol. The Morgan fingerprint density at radius 2 is 2.22 bits per heavy atom. The van der Waals surface area contributed by atoms with Crippen LogP contribution in [-0.2, 0) is 4.74 Å². The standard InChI is InChI=1S/C15H18O3/c1-12-9-15(7-6-14(12)3-2-8-16)18-11-17-10-13-4-5-13/h6-7,9,13,16H,4-5,8,10-11H2,1H3. The normalized spacial score (nSPS) is 13.9. The van der Waals surface area contributed by atoms with E-state index in [2.05, 4.69) is 11.8 Å². The van der Waals surface area contributed by atoms with Crippen LogP contribution in [0.15, 0.2) is 18.2 Å². The van der Waals surface area contributed by atoms with E-state index in [9.17, 15) is 0 Å². The molecule has 0 saturated heterocycles. The van der Waals surface area contributed by atoms with Gasteiger partial charge in [0.25, 0.3) is 0 Å². The molecule has 0 atom stereocenters. The molecule has 1 aromatic rings. The molecule has 1 aliphatic carbocycles. The highest BCUT2D eigenvalue weighted by Gasteiger charge is 2.21. The maximum atomic E-state index is 8.65. The molecule has 1 fully saturated rings. The second-order valence-corrected chi connectivity index (χ2v) is 4.51. The van der Waals surface area contributed by atoms with E-state index in [-0.39, 0.29) is 6.61 Å². The molecular formula is C15H18O3. The molecule has 18 heavy (non-hydrogen) atoms. The molecule has 0 unspecified atom stereocenters. The Bertz CT molecular complexity index is 453. The van der Waals surface area contributed by atoms with Crippen molar-refractivity contribution >= 4 is 0 Å². The van der Waals surface area contributed by atoms with E-state index < -0.39 is 0 Å². The van der Waals surface area contributed by atoms with E-state index in [1.807, 2.05) is 25.1 Å². The fourth-order valence-electron chi connectivity index (χ4n) is 1.61. The predicted octanol–water partition coefficient (Wildman–Crippen LogP) is 2.10. The van der Waals surface area contributed by atoms with Crippen LogP contribution >= 0.6 is 0 Å². The molecule has 0 radical (unpaired) electrons. The first-order chi connectivity index (χ1) is 8.79. The lowest BCUT2D eigenvalue weighted by atomic mass is 10.1. The minimum atomic E-state index is -0.118. The molecule has 3 heteroatoms. The van der Waals surface area contributed by atoms with Crippen LogP contribution in [0, 0.1) is 24.7 Å². The Hall–Kier alpha value is -1.50. The van der Waals surface area contributed by atoms with E-state index in [0.717, 1.165) is 29.4 Å². The van der Waals surface area contributed by atoms with E-state index in [0.29, 0.717) is 6.79 Å². The van der Waals surface area contributed by atoms with Gasteiger partial charge in [0.2, 0.25) is 0 Å². The number of aryl methyl sites for hydroxylation is 1. The van der Waals surface area contributed by atoms with E-state index in [1.54, 1.807) is 0 Å². The van der Waals surface area contributed by atoms with Crippen LogP contribution in [0.4, 0.5) is 0 Å². The lowest BCUT2D eigenvalue weighted by Gasteiger charge is -2.08. The molecule has 0 bridgehead atoms. The van der Waals surface area contributed by atoms with Crippen LogP contribution in [0.1, 0.15) is 24.0 Å². The maximum absolute atomic E-state index is 8.65. The first-order valence-electron chi connectivity index (χ1n) is 6.20. The number of rotatable bonds is 5. The third-order valence-corrected chi connectivity index (χ3v) is 2.86. The fourth-order valence-corrected chi connectivity index (χ4v) is 1.61. The third kappa shape index (κ3) is 4.06. The van der Waals surface area contributed by atoms with E-state index >= 15 is 0 Å². The summed E-state index contributed by atoms with van der Waals surface area (Å²) in [6, 6.07) is 5.70. The first-order valence-corrected chi connectivity index (χ1v) is 6.20. The van der Waals surface area contributed by atoms with Crippen molar-refractivity contribution in [3.63, 3.8) is 0 Å². The quantitative estimate of drug-likeness (QED) is 0.491. The van der Waals surface area contributed by atoms with E-state index in [4.69, 9.17) is 14.6 Å². The molecule has 0 amide bonds. The van der Waals surface area contributed by atoms with Crippen molar-refractivity contribution in [3.05, 3.63) is 29.3 Å². The van der Waals surface area contributed by atoms with Crippen molar-refractivity contribution in [2.45, 2.75) is 19.8 Å². The minimum absolute atomic E-state index is 0.118. The smallest absolute Gasteiger partial charge is 0.189 e. The maximum Gasteiger partial charge on any atom is 0.189 e. The Morgan fingerprint density at radius 1 is 1.39 bits per heavy atom. The minimum Gasteiger partial charge on any atom is -0.468 e. The van der Waals surface area contributed by atoms with Crippen LogP contribution in [-0.4, -0.2) is 25.1 Å². The summed E-state index contributed by atoms with van der Waals surface area (Å²) >= 11 is 0. The molecule has 1 saturated carbocycles. The summed E-state index contributed by atoms with van der Waals surface area (Å²) in [5.74, 6) is 7.08. The van der Waals surface area contributed by atoms with Crippen molar-refractivity contribution in [1.82, 2.24) is 0 Å². The van der Waals surface area contributed by atoms with Gasteiger partial charge in [0.1, 0.15) is 12.4 Å². The molecule has 1 N–H and O–H groups in total. The number of hydrogen-bond donors (Lipinski definition) is 1. The zero-order valence-electron chi connectivity index (χ0n) is 10.6. The van der Waals surface area contributed by atoms with Gasteiger partial charge < -0.3 is 14.6 Å². The van der Waals surface area contributed by atoms with Crippen LogP contribution in [0.5, 0.6) is 5.75 Å². The van der Waals surface area contributed by atoms with Crippen LogP contribution in [0.25, 0.3) is 0 Å². The van der Waals surface area contributed by atoms with Gasteiger partial charge in [0.05, 0.1) is 6.61 Å². The van der Waals surface area contributed by atoms with Crippen LogP contribution in [0.3, 0.4) is 0 Å². The first kappa shape index (κ1) is 12.9. The third-order valence-electron chi connectivity index (χ3n) is 2.86. The summed E-state index contributed by atoms with van der Waals surface area (Å²) in [6.07, 6.45) is 2.58. The predicted molar refractivity (Wildman–Crippen MR) is 69.3 cm³/mol. The van der Waals surface area contributed by atoms with Gasteiger partial charge in [-0.05, 0) is 49.4 Å². The molecule has 1 aromatic carbocycles. The van der Waals surface area contributed by atoms with Gasteiger partial charge >= 0.3 is 0 Å². The monoisotopic (exact) mass is 246 g/mol. The SMILES string of the molecule is Cc1cc(OCOCC2CC2)ccc1C#CCO. The molecule has 3 nitrogen and oxygen atoms in total. The second kappa shape index (κ2) is 6.44. The van der Waals surface area contributed by atoms with Gasteiger partial charge in [-0.3, -0.25) is 0 Å². The van der Waals surface area contributed by atoms with Gasteiger partial charge in [0.15, 0.2) is 6.79 Å². The van der Waals surface area contributed by atoms with Gasteiger partial charge in [-0.2, -0.15) is 0 Å². The molecule has 1 aliphatic rings. The molecular weight excluding hydrogens is 228 g/mol. The number of hydrogen-bond acceptors (Lipinski definition) is 3. The highest BCUT2D eigenvalue weighted by Crippen LogP contribution is 2.28. The van der Waals surface area contributed by atoms with Gasteiger partial charge in [0, 0.05) is 5.56 Å². The number of ether oxygens (including phenoxy) is 2. The second-order valence-electron chi connectivity index (χ2n) is 4.51. The number of aliphatic hydroxyl groups is 1. The van der Waals surface area contributed by atoms with Crippen molar-refractivity contribution in [2.75, 3.05) is 20.0 Å². The number of aliphatic hydroxyl groups excluding tert-OH is 1. The van der Waals surface area contributed by atoms with Crippen LogP contribution in [0.2, 0.25) is 0 Å². The molecule has 0 heterocycles. The summed E-state index contributed by atoms with van der Waals surface area (Å²) < 4.78 is 10.9. The van der Waals surface area contributed by atoms with Crippen LogP contribution < -0.4 is 4.74 Å². The summed E-state index contributed by atoms with van der Waals surface area (Å²) in [5, 5.41) is 8.65. The lowest BCUT2D eigenvalue weighted by Crippen LogP contribution is -2.05. The largest absolute Gasteiger partial charge is 0.468 e. The Balaban J connectivity index is 1.83. The molecule has 0 aromatic heterocycles. The number of benzene rings is 1. The zero-order chi connectivity index (χ0) is 12.8. The molecule has 0 aliphatic heterocycles. The highest BCUT2D eigenvalue weighted by atomic mass is 16.7. The van der Waals surface area contributed by atoms with Gasteiger partial charge in [-0.15, -0.1) is 0 Å². The average Bonchev–Trinajstić information content (AvgIpc) is 3.18. The topological polar surface area (TPSA) is 38.7 Å². The molecule has 0 spiro atoms. The van der Waals surface area contributed by atoms with Crippen molar-refractivity contribution in [2.24, 2.45) is 5.92 Å². The van der Waals surface area contributed by atoms with Crippen molar-refractivity contribution in [1.29, 1.82) is 0 Å². The zero-order valence-corrected chi connectivity index (χ0v) is 10.6. The van der Waals surface area contributed by atoms with E-state index in [1.165, 1.54) is 12.8 Å². The van der Waals surface area contributed by atoms with Crippen molar-refractivity contribution in [3.8, 4) is 17.6 Å². The summed E-state index contributed by atoms with van der Waals surface area (Å²) in [5.41, 5.74) is 1.95. The Labute approximate surface area is 108 Å². The van der Waals surface area contributed by atoms with Gasteiger partial charge in [-0.1, -0.05) is 11.8 Å². The Morgan fingerprint density at radius 3 is 2.89 bits per heavy atom. The summed E-state index contributed by atoms with van der Waals surface area (Å²) in [6.45, 7) is 2.96. The van der Waals surface area contributed by atoms with Gasteiger partial charge in [-0.25, -0.2) is 0 Å². The summed E-state index contributed by atoms with van der Waals surface area (Å²) in [4.78, 5) is 0. The summed E-state index contributed by atoms with van der Waals surface area (Å²) in [7, 11) is 0. The Kier molecular flexibility index (Phi) is 4.63. The molecule has 2 rings (SSSR count). The lowest BCUT2D eigenvalue weighted by molar-refractivity contribution is 0.00996. The highest BCUT2D eigenvalue weighted by molar-refractivity contribution is 5.44. The fraction of sp³-hybridized carbons (Fsp3) is 0.467. The van der Waals surface area contributed by atoms with Crippen molar-refractivity contribution < 1.29 is 14.6 Å². The molecule has 96 valence electrons.